The Hall–Kier alpha value is -0.680. The summed E-state index contributed by atoms with van der Waals surface area (Å²) in [6.45, 7) is 8.80. The van der Waals surface area contributed by atoms with Crippen molar-refractivity contribution in [2.45, 2.75) is 39.5 Å². The maximum atomic E-state index is 5.42. The molecule has 0 aliphatic rings. The predicted octanol–water partition coefficient (Wildman–Crippen LogP) is 3.59. The minimum atomic E-state index is 0.330. The number of nitrogens with one attached hydrogen (secondary N) is 1. The van der Waals surface area contributed by atoms with Gasteiger partial charge in [-0.05, 0) is 28.8 Å². The number of aromatic nitrogens is 2. The van der Waals surface area contributed by atoms with Crippen LogP contribution in [-0.4, -0.2) is 29.7 Å². The van der Waals surface area contributed by atoms with Gasteiger partial charge in [-0.1, -0.05) is 20.8 Å². The molecule has 102 valence electrons. The first-order valence-corrected chi connectivity index (χ1v) is 7.29. The van der Waals surface area contributed by atoms with Gasteiger partial charge in [0.25, 0.3) is 0 Å². The standard InChI is InChI=1S/C13H22BrN3O/c1-4-7-18-8-5-6-15-12-9-11(14)16-13(17-12)10(2)3/h9-10H,4-8H2,1-3H3,(H,15,16,17). The van der Waals surface area contributed by atoms with Gasteiger partial charge < -0.3 is 10.1 Å². The molecule has 1 aromatic heterocycles. The van der Waals surface area contributed by atoms with Gasteiger partial charge in [-0.15, -0.1) is 0 Å². The lowest BCUT2D eigenvalue weighted by Gasteiger charge is -2.09. The normalized spacial score (nSPS) is 10.9. The Morgan fingerprint density at radius 2 is 2.11 bits per heavy atom. The molecule has 0 aromatic carbocycles. The molecule has 4 nitrogen and oxygen atoms in total. The molecule has 18 heavy (non-hydrogen) atoms. The van der Waals surface area contributed by atoms with Gasteiger partial charge >= 0.3 is 0 Å². The molecule has 1 rings (SSSR count). The molecule has 0 unspecified atom stereocenters. The molecule has 0 saturated carbocycles. The molecule has 0 saturated heterocycles. The van der Waals surface area contributed by atoms with E-state index < -0.39 is 0 Å². The van der Waals surface area contributed by atoms with Crippen molar-refractivity contribution in [1.82, 2.24) is 9.97 Å². The summed E-state index contributed by atoms with van der Waals surface area (Å²) in [5.74, 6) is 2.06. The molecule has 1 aromatic rings. The maximum absolute atomic E-state index is 5.42. The fourth-order valence-electron chi connectivity index (χ4n) is 1.42. The number of rotatable bonds is 8. The molecule has 0 aliphatic carbocycles. The SMILES string of the molecule is CCCOCCCNc1cc(Br)nc(C(C)C)n1. The number of hydrogen-bond donors (Lipinski definition) is 1. The molecular weight excluding hydrogens is 294 g/mol. The average Bonchev–Trinajstić information content (AvgIpc) is 2.33. The van der Waals surface area contributed by atoms with Crippen LogP contribution in [0.4, 0.5) is 5.82 Å². The van der Waals surface area contributed by atoms with Crippen LogP contribution >= 0.6 is 15.9 Å². The van der Waals surface area contributed by atoms with Gasteiger partial charge in [0.05, 0.1) is 0 Å². The summed E-state index contributed by atoms with van der Waals surface area (Å²) >= 11 is 3.41. The van der Waals surface area contributed by atoms with Crippen molar-refractivity contribution in [2.75, 3.05) is 25.1 Å². The molecule has 0 aliphatic heterocycles. The maximum Gasteiger partial charge on any atom is 0.134 e. The van der Waals surface area contributed by atoms with Crippen molar-refractivity contribution in [1.29, 1.82) is 0 Å². The molecule has 5 heteroatoms. The molecule has 1 heterocycles. The van der Waals surface area contributed by atoms with Crippen LogP contribution in [-0.2, 0) is 4.74 Å². The Balaban J connectivity index is 2.37. The highest BCUT2D eigenvalue weighted by Gasteiger charge is 2.06. The first kappa shape index (κ1) is 15.4. The molecular formula is C13H22BrN3O. The zero-order valence-corrected chi connectivity index (χ0v) is 13.0. The summed E-state index contributed by atoms with van der Waals surface area (Å²) in [7, 11) is 0. The summed E-state index contributed by atoms with van der Waals surface area (Å²) in [6, 6.07) is 1.90. The van der Waals surface area contributed by atoms with Gasteiger partial charge in [0.15, 0.2) is 0 Å². The van der Waals surface area contributed by atoms with Crippen LogP contribution in [0.2, 0.25) is 0 Å². The highest BCUT2D eigenvalue weighted by Crippen LogP contribution is 2.17. The quantitative estimate of drug-likeness (QED) is 0.588. The second kappa shape index (κ2) is 8.43. The van der Waals surface area contributed by atoms with E-state index in [1.807, 2.05) is 6.07 Å². The van der Waals surface area contributed by atoms with Gasteiger partial charge in [0.2, 0.25) is 0 Å². The number of anilines is 1. The zero-order valence-electron chi connectivity index (χ0n) is 11.4. The van der Waals surface area contributed by atoms with Crippen LogP contribution in [0.25, 0.3) is 0 Å². The van der Waals surface area contributed by atoms with Crippen molar-refractivity contribution in [3.05, 3.63) is 16.5 Å². The first-order chi connectivity index (χ1) is 8.63. The number of ether oxygens (including phenoxy) is 1. The smallest absolute Gasteiger partial charge is 0.134 e. The first-order valence-electron chi connectivity index (χ1n) is 6.49. The van der Waals surface area contributed by atoms with Crippen LogP contribution < -0.4 is 5.32 Å². The van der Waals surface area contributed by atoms with Gasteiger partial charge in [0, 0.05) is 31.7 Å². The van der Waals surface area contributed by atoms with Crippen molar-refractivity contribution in [2.24, 2.45) is 0 Å². The Bertz CT molecular complexity index is 358. The van der Waals surface area contributed by atoms with Gasteiger partial charge in [-0.3, -0.25) is 0 Å². The van der Waals surface area contributed by atoms with E-state index in [2.05, 4.69) is 52.0 Å². The van der Waals surface area contributed by atoms with Crippen LogP contribution in [0.3, 0.4) is 0 Å². The lowest BCUT2D eigenvalue weighted by Crippen LogP contribution is -2.09. The van der Waals surface area contributed by atoms with Crippen molar-refractivity contribution >= 4 is 21.7 Å². The van der Waals surface area contributed by atoms with E-state index in [1.54, 1.807) is 0 Å². The van der Waals surface area contributed by atoms with Crippen molar-refractivity contribution in [3.8, 4) is 0 Å². The third-order valence-corrected chi connectivity index (χ3v) is 2.75. The Morgan fingerprint density at radius 3 is 2.78 bits per heavy atom. The summed E-state index contributed by atoms with van der Waals surface area (Å²) in [5.41, 5.74) is 0. The molecule has 0 spiro atoms. The minimum absolute atomic E-state index is 0.330. The fourth-order valence-corrected chi connectivity index (χ4v) is 1.82. The fraction of sp³-hybridized carbons (Fsp3) is 0.692. The lowest BCUT2D eigenvalue weighted by atomic mass is 10.2. The summed E-state index contributed by atoms with van der Waals surface area (Å²) in [4.78, 5) is 8.82. The summed E-state index contributed by atoms with van der Waals surface area (Å²) in [6.07, 6.45) is 2.06. The highest BCUT2D eigenvalue weighted by atomic mass is 79.9. The van der Waals surface area contributed by atoms with E-state index in [9.17, 15) is 0 Å². The molecule has 0 radical (unpaired) electrons. The average molecular weight is 316 g/mol. The van der Waals surface area contributed by atoms with E-state index in [0.717, 1.165) is 48.8 Å². The number of halogens is 1. The van der Waals surface area contributed by atoms with Crippen LogP contribution in [0.1, 0.15) is 45.4 Å². The summed E-state index contributed by atoms with van der Waals surface area (Å²) in [5, 5.41) is 3.30. The van der Waals surface area contributed by atoms with E-state index in [1.165, 1.54) is 0 Å². The van der Waals surface area contributed by atoms with Crippen molar-refractivity contribution in [3.63, 3.8) is 0 Å². The predicted molar refractivity (Wildman–Crippen MR) is 78.0 cm³/mol. The Kier molecular flexibility index (Phi) is 7.20. The summed E-state index contributed by atoms with van der Waals surface area (Å²) < 4.78 is 6.25. The Labute approximate surface area is 118 Å². The zero-order chi connectivity index (χ0) is 13.4. The second-order valence-corrected chi connectivity index (χ2v) is 5.29. The van der Waals surface area contributed by atoms with Crippen molar-refractivity contribution < 1.29 is 4.74 Å². The molecule has 1 N–H and O–H groups in total. The molecule has 0 bridgehead atoms. The van der Waals surface area contributed by atoms with E-state index >= 15 is 0 Å². The van der Waals surface area contributed by atoms with Gasteiger partial charge in [-0.2, -0.15) is 0 Å². The van der Waals surface area contributed by atoms with E-state index in [-0.39, 0.29) is 0 Å². The third-order valence-electron chi connectivity index (χ3n) is 2.35. The van der Waals surface area contributed by atoms with E-state index in [4.69, 9.17) is 4.74 Å². The van der Waals surface area contributed by atoms with Crippen LogP contribution in [0.5, 0.6) is 0 Å². The second-order valence-electron chi connectivity index (χ2n) is 4.48. The van der Waals surface area contributed by atoms with Crippen LogP contribution in [0, 0.1) is 0 Å². The lowest BCUT2D eigenvalue weighted by molar-refractivity contribution is 0.134. The van der Waals surface area contributed by atoms with Gasteiger partial charge in [-0.25, -0.2) is 9.97 Å². The minimum Gasteiger partial charge on any atom is -0.381 e. The largest absolute Gasteiger partial charge is 0.381 e. The molecule has 0 amide bonds. The monoisotopic (exact) mass is 315 g/mol. The number of nitrogens with zero attached hydrogens (tertiary/aromatic N) is 2. The third kappa shape index (κ3) is 5.78. The van der Waals surface area contributed by atoms with E-state index in [0.29, 0.717) is 5.92 Å². The Morgan fingerprint density at radius 1 is 1.33 bits per heavy atom. The molecule has 0 atom stereocenters. The van der Waals surface area contributed by atoms with Gasteiger partial charge in [0.1, 0.15) is 16.2 Å². The highest BCUT2D eigenvalue weighted by molar-refractivity contribution is 9.10. The number of hydrogen-bond acceptors (Lipinski definition) is 4. The molecule has 0 fully saturated rings. The topological polar surface area (TPSA) is 47.0 Å². The van der Waals surface area contributed by atoms with Crippen LogP contribution in [0.15, 0.2) is 10.7 Å².